The summed E-state index contributed by atoms with van der Waals surface area (Å²) in [4.78, 5) is 15.9. The zero-order chi connectivity index (χ0) is 18.7. The quantitative estimate of drug-likeness (QED) is 0.242. The molecule has 0 fully saturated rings. The zero-order valence-corrected chi connectivity index (χ0v) is 18.2. The molecule has 0 unspecified atom stereocenters. The van der Waals surface area contributed by atoms with Gasteiger partial charge in [-0.25, -0.2) is 14.2 Å². The van der Waals surface area contributed by atoms with Crippen molar-refractivity contribution in [3.8, 4) is 0 Å². The van der Waals surface area contributed by atoms with Gasteiger partial charge in [-0.2, -0.15) is 0 Å². The van der Waals surface area contributed by atoms with E-state index in [9.17, 15) is 9.18 Å². The van der Waals surface area contributed by atoms with Gasteiger partial charge in [-0.05, 0) is 40.2 Å². The molecule has 0 aliphatic carbocycles. The molecule has 0 heterocycles. The predicted molar refractivity (Wildman–Crippen MR) is 113 cm³/mol. The van der Waals surface area contributed by atoms with Gasteiger partial charge in [0.05, 0.1) is 6.54 Å². The van der Waals surface area contributed by atoms with Crippen LogP contribution in [-0.4, -0.2) is 37.3 Å². The van der Waals surface area contributed by atoms with Gasteiger partial charge >= 0.3 is 6.09 Å². The van der Waals surface area contributed by atoms with Gasteiger partial charge in [0.1, 0.15) is 11.4 Å². The standard InChI is InChI=1S/C18H29FN4O2.HI/c1-5-20-16(23-13-14-9-6-7-10-15(14)19)21-11-8-12-22-17(24)25-18(2,3)4;/h6-7,9-10H,5,8,11-13H2,1-4H3,(H,22,24)(H2,20,21,23);1H. The molecule has 26 heavy (non-hydrogen) atoms. The highest BCUT2D eigenvalue weighted by Crippen LogP contribution is 2.07. The monoisotopic (exact) mass is 480 g/mol. The minimum absolute atomic E-state index is 0. The first-order valence-corrected chi connectivity index (χ1v) is 8.54. The molecule has 1 aromatic rings. The smallest absolute Gasteiger partial charge is 0.407 e. The number of ether oxygens (including phenoxy) is 1. The highest BCUT2D eigenvalue weighted by molar-refractivity contribution is 14.0. The Hall–Kier alpha value is -1.58. The SMILES string of the molecule is CCNC(=NCc1ccccc1F)NCCCNC(=O)OC(C)(C)C.I. The average molecular weight is 480 g/mol. The van der Waals surface area contributed by atoms with Crippen LogP contribution in [0.4, 0.5) is 9.18 Å². The lowest BCUT2D eigenvalue weighted by atomic mass is 10.2. The van der Waals surface area contributed by atoms with E-state index < -0.39 is 11.7 Å². The molecular weight excluding hydrogens is 450 g/mol. The number of rotatable bonds is 7. The third kappa shape index (κ3) is 11.1. The van der Waals surface area contributed by atoms with Crippen LogP contribution in [0.2, 0.25) is 0 Å². The Morgan fingerprint density at radius 2 is 1.81 bits per heavy atom. The Balaban J connectivity index is 0.00000625. The van der Waals surface area contributed by atoms with E-state index in [-0.39, 0.29) is 36.3 Å². The lowest BCUT2D eigenvalue weighted by Gasteiger charge is -2.19. The number of alkyl carbamates (subject to hydrolysis) is 1. The minimum atomic E-state index is -0.500. The molecule has 1 aromatic carbocycles. The van der Waals surface area contributed by atoms with Crippen molar-refractivity contribution >= 4 is 36.0 Å². The summed E-state index contributed by atoms with van der Waals surface area (Å²) in [6, 6.07) is 6.58. The molecule has 0 bridgehead atoms. The highest BCUT2D eigenvalue weighted by atomic mass is 127. The van der Waals surface area contributed by atoms with E-state index in [1.165, 1.54) is 6.07 Å². The number of carbonyl (C=O) groups is 1. The van der Waals surface area contributed by atoms with Gasteiger partial charge in [-0.3, -0.25) is 0 Å². The van der Waals surface area contributed by atoms with Crippen molar-refractivity contribution in [1.29, 1.82) is 0 Å². The van der Waals surface area contributed by atoms with Crippen molar-refractivity contribution in [3.63, 3.8) is 0 Å². The second-order valence-electron chi connectivity index (χ2n) is 6.50. The number of guanidine groups is 1. The maximum atomic E-state index is 13.6. The first kappa shape index (κ1) is 24.4. The van der Waals surface area contributed by atoms with Crippen molar-refractivity contribution in [2.24, 2.45) is 4.99 Å². The topological polar surface area (TPSA) is 74.8 Å². The molecule has 148 valence electrons. The molecule has 1 rings (SSSR count). The van der Waals surface area contributed by atoms with Crippen molar-refractivity contribution < 1.29 is 13.9 Å². The van der Waals surface area contributed by atoms with Crippen LogP contribution < -0.4 is 16.0 Å². The third-order valence-corrected chi connectivity index (χ3v) is 3.02. The minimum Gasteiger partial charge on any atom is -0.444 e. The van der Waals surface area contributed by atoms with Gasteiger partial charge in [0.25, 0.3) is 0 Å². The summed E-state index contributed by atoms with van der Waals surface area (Å²) in [5.41, 5.74) is 0.0474. The Bertz CT molecular complexity index is 577. The van der Waals surface area contributed by atoms with Crippen LogP contribution in [-0.2, 0) is 11.3 Å². The van der Waals surface area contributed by atoms with Crippen molar-refractivity contribution in [2.45, 2.75) is 46.3 Å². The Labute approximate surface area is 172 Å². The summed E-state index contributed by atoms with van der Waals surface area (Å²) in [6.07, 6.45) is 0.288. The number of halogens is 2. The highest BCUT2D eigenvalue weighted by Gasteiger charge is 2.15. The van der Waals surface area contributed by atoms with Crippen molar-refractivity contribution in [3.05, 3.63) is 35.6 Å². The van der Waals surface area contributed by atoms with Crippen LogP contribution in [0.3, 0.4) is 0 Å². The average Bonchev–Trinajstić information content (AvgIpc) is 2.51. The first-order chi connectivity index (χ1) is 11.8. The van der Waals surface area contributed by atoms with Gasteiger partial charge in [-0.1, -0.05) is 18.2 Å². The lowest BCUT2D eigenvalue weighted by molar-refractivity contribution is 0.0527. The molecule has 0 saturated heterocycles. The fourth-order valence-corrected chi connectivity index (χ4v) is 1.93. The molecule has 3 N–H and O–H groups in total. The summed E-state index contributed by atoms with van der Waals surface area (Å²) in [5.74, 6) is 0.353. The summed E-state index contributed by atoms with van der Waals surface area (Å²) in [7, 11) is 0. The fraction of sp³-hybridized carbons (Fsp3) is 0.556. The molecule has 0 aliphatic rings. The maximum absolute atomic E-state index is 13.6. The van der Waals surface area contributed by atoms with Crippen molar-refractivity contribution in [1.82, 2.24) is 16.0 Å². The molecule has 0 aliphatic heterocycles. The number of carbonyl (C=O) groups excluding carboxylic acids is 1. The van der Waals surface area contributed by atoms with E-state index in [4.69, 9.17) is 4.74 Å². The van der Waals surface area contributed by atoms with Gasteiger partial charge < -0.3 is 20.7 Å². The second-order valence-corrected chi connectivity index (χ2v) is 6.50. The zero-order valence-electron chi connectivity index (χ0n) is 15.9. The molecule has 1 amide bonds. The Morgan fingerprint density at radius 1 is 1.15 bits per heavy atom. The number of nitrogens with one attached hydrogen (secondary N) is 3. The van der Waals surface area contributed by atoms with Crippen LogP contribution in [0.1, 0.15) is 39.7 Å². The number of hydrogen-bond donors (Lipinski definition) is 3. The van der Waals surface area contributed by atoms with Crippen LogP contribution >= 0.6 is 24.0 Å². The Kier molecular flexibility index (Phi) is 11.9. The van der Waals surface area contributed by atoms with Gasteiger partial charge in [0, 0.05) is 25.2 Å². The maximum Gasteiger partial charge on any atom is 0.407 e. The van der Waals surface area contributed by atoms with Gasteiger partial charge in [-0.15, -0.1) is 24.0 Å². The summed E-state index contributed by atoms with van der Waals surface area (Å²) in [5, 5.41) is 8.96. The van der Waals surface area contributed by atoms with E-state index in [0.29, 0.717) is 37.6 Å². The van der Waals surface area contributed by atoms with E-state index >= 15 is 0 Å². The second kappa shape index (κ2) is 12.7. The molecule has 0 spiro atoms. The van der Waals surface area contributed by atoms with Crippen LogP contribution in [0.15, 0.2) is 29.3 Å². The molecular formula is C18H30FIN4O2. The van der Waals surface area contributed by atoms with E-state index in [1.807, 2.05) is 27.7 Å². The van der Waals surface area contributed by atoms with Crippen LogP contribution in [0.25, 0.3) is 0 Å². The normalized spacial score (nSPS) is 11.3. The summed E-state index contributed by atoms with van der Waals surface area (Å²) in [6.45, 7) is 9.52. The number of amides is 1. The number of aliphatic imine (C=N–C) groups is 1. The largest absolute Gasteiger partial charge is 0.444 e. The lowest BCUT2D eigenvalue weighted by Crippen LogP contribution is -2.39. The first-order valence-electron chi connectivity index (χ1n) is 8.54. The number of hydrogen-bond acceptors (Lipinski definition) is 3. The molecule has 0 aromatic heterocycles. The van der Waals surface area contributed by atoms with Gasteiger partial charge in [0.2, 0.25) is 0 Å². The van der Waals surface area contributed by atoms with Gasteiger partial charge in [0.15, 0.2) is 5.96 Å². The van der Waals surface area contributed by atoms with E-state index in [1.54, 1.807) is 18.2 Å². The summed E-state index contributed by atoms with van der Waals surface area (Å²) < 4.78 is 18.8. The van der Waals surface area contributed by atoms with Crippen molar-refractivity contribution in [2.75, 3.05) is 19.6 Å². The predicted octanol–water partition coefficient (Wildman–Crippen LogP) is 3.41. The van der Waals surface area contributed by atoms with Crippen LogP contribution in [0, 0.1) is 5.82 Å². The van der Waals surface area contributed by atoms with E-state index in [2.05, 4.69) is 20.9 Å². The summed E-state index contributed by atoms with van der Waals surface area (Å²) >= 11 is 0. The molecule has 0 radical (unpaired) electrons. The van der Waals surface area contributed by atoms with Crippen LogP contribution in [0.5, 0.6) is 0 Å². The molecule has 0 atom stereocenters. The van der Waals surface area contributed by atoms with E-state index in [0.717, 1.165) is 0 Å². The molecule has 6 nitrogen and oxygen atoms in total. The number of nitrogens with zero attached hydrogens (tertiary/aromatic N) is 1. The molecule has 0 saturated carbocycles. The third-order valence-electron chi connectivity index (χ3n) is 3.02. The number of benzene rings is 1. The fourth-order valence-electron chi connectivity index (χ4n) is 1.93. The Morgan fingerprint density at radius 3 is 2.42 bits per heavy atom. The molecule has 8 heteroatoms.